The number of halogens is 1. The number of fused-ring (bicyclic) bond motifs is 4. The topological polar surface area (TPSA) is 77.3 Å². The van der Waals surface area contributed by atoms with Crippen molar-refractivity contribution < 1.29 is 14.3 Å². The van der Waals surface area contributed by atoms with Crippen LogP contribution in [-0.2, 0) is 27.9 Å². The summed E-state index contributed by atoms with van der Waals surface area (Å²) in [4.78, 5) is 32.1. The Bertz CT molecular complexity index is 1590. The summed E-state index contributed by atoms with van der Waals surface area (Å²) < 4.78 is 6.50. The number of hydrogen-bond donors (Lipinski definition) is 0. The summed E-state index contributed by atoms with van der Waals surface area (Å²) in [5, 5.41) is 7.93. The quantitative estimate of drug-likeness (QED) is 0.229. The monoisotopic (exact) mass is 528 g/mol. The van der Waals surface area contributed by atoms with Gasteiger partial charge in [0.15, 0.2) is 0 Å². The molecule has 2 aromatic heterocycles. The lowest BCUT2D eigenvalue weighted by Gasteiger charge is -2.30. The third kappa shape index (κ3) is 4.35. The molecule has 4 aromatic rings. The number of rotatable bonds is 6. The molecular weight excluding hydrogens is 500 g/mol. The number of esters is 1. The highest BCUT2D eigenvalue weighted by Crippen LogP contribution is 2.49. The predicted octanol–water partition coefficient (Wildman–Crippen LogP) is 5.93. The molecule has 0 radical (unpaired) electrons. The number of amides is 1. The van der Waals surface area contributed by atoms with E-state index in [9.17, 15) is 9.59 Å². The van der Waals surface area contributed by atoms with Gasteiger partial charge in [-0.3, -0.25) is 14.5 Å². The first kappa shape index (κ1) is 24.6. The Morgan fingerprint density at radius 3 is 2.79 bits per heavy atom. The molecule has 2 fully saturated rings. The summed E-state index contributed by atoms with van der Waals surface area (Å²) in [6, 6.07) is 10.1. The number of aryl methyl sites for hydroxylation is 1. The fraction of sp³-hybridized carbons (Fsp3) is 0.333. The lowest BCUT2D eigenvalue weighted by Crippen LogP contribution is -2.38. The summed E-state index contributed by atoms with van der Waals surface area (Å²) in [5.41, 5.74) is 3.24. The van der Waals surface area contributed by atoms with Crippen LogP contribution in [0.1, 0.15) is 36.8 Å². The molecule has 8 heteroatoms. The number of ether oxygens (including phenoxy) is 1. The van der Waals surface area contributed by atoms with E-state index in [0.717, 1.165) is 46.5 Å². The number of benzene rings is 2. The van der Waals surface area contributed by atoms with Crippen molar-refractivity contribution >= 4 is 56.9 Å². The molecule has 2 bridgehead atoms. The minimum Gasteiger partial charge on any atom is -0.466 e. The average Bonchev–Trinajstić information content (AvgIpc) is 3.66. The minimum atomic E-state index is -0.447. The van der Waals surface area contributed by atoms with Gasteiger partial charge in [-0.25, -0.2) is 4.79 Å². The molecule has 7 nitrogen and oxygen atoms in total. The predicted molar refractivity (Wildman–Crippen MR) is 149 cm³/mol. The number of anilines is 1. The van der Waals surface area contributed by atoms with Crippen LogP contribution in [0.5, 0.6) is 0 Å². The van der Waals surface area contributed by atoms with Gasteiger partial charge in [-0.15, -0.1) is 0 Å². The highest BCUT2D eigenvalue weighted by Gasteiger charge is 2.44. The van der Waals surface area contributed by atoms with Crippen LogP contribution in [0, 0.1) is 17.8 Å². The van der Waals surface area contributed by atoms with E-state index >= 15 is 0 Å². The smallest absolute Gasteiger partial charge is 0.330 e. The third-order valence-corrected chi connectivity index (χ3v) is 8.58. The largest absolute Gasteiger partial charge is 0.466 e. The third-order valence-electron chi connectivity index (χ3n) is 8.21. The van der Waals surface area contributed by atoms with Gasteiger partial charge in [0.25, 0.3) is 0 Å². The second-order valence-corrected chi connectivity index (χ2v) is 10.8. The molecule has 0 saturated heterocycles. The van der Waals surface area contributed by atoms with Crippen molar-refractivity contribution in [3.63, 3.8) is 0 Å². The lowest BCUT2D eigenvalue weighted by atomic mass is 9.87. The van der Waals surface area contributed by atoms with Gasteiger partial charge in [0.05, 0.1) is 42.3 Å². The number of carbonyl (C=O) groups is 2. The molecule has 0 spiro atoms. The fourth-order valence-electron chi connectivity index (χ4n) is 6.38. The summed E-state index contributed by atoms with van der Waals surface area (Å²) in [7, 11) is 3.22. The van der Waals surface area contributed by atoms with Gasteiger partial charge >= 0.3 is 5.97 Å². The van der Waals surface area contributed by atoms with Crippen molar-refractivity contribution in [2.75, 3.05) is 12.0 Å². The number of carbonyl (C=O) groups excluding carboxylic acids is 2. The van der Waals surface area contributed by atoms with E-state index in [-0.39, 0.29) is 11.8 Å². The van der Waals surface area contributed by atoms with E-state index in [1.165, 1.54) is 19.6 Å². The molecule has 2 aliphatic carbocycles. The van der Waals surface area contributed by atoms with Crippen molar-refractivity contribution in [1.29, 1.82) is 0 Å². The molecule has 2 heterocycles. The lowest BCUT2D eigenvalue weighted by molar-refractivity contribution is -0.134. The Morgan fingerprint density at radius 1 is 1.16 bits per heavy atom. The molecule has 2 saturated carbocycles. The maximum absolute atomic E-state index is 14.2. The van der Waals surface area contributed by atoms with Crippen molar-refractivity contribution in [3.05, 3.63) is 71.1 Å². The maximum Gasteiger partial charge on any atom is 0.330 e. The Hall–Kier alpha value is -3.71. The van der Waals surface area contributed by atoms with Gasteiger partial charge in [-0.05, 0) is 65.8 Å². The van der Waals surface area contributed by atoms with E-state index in [2.05, 4.69) is 16.1 Å². The Morgan fingerprint density at radius 2 is 2.03 bits per heavy atom. The van der Waals surface area contributed by atoms with Gasteiger partial charge < -0.3 is 9.64 Å². The number of aromatic nitrogens is 3. The van der Waals surface area contributed by atoms with Gasteiger partial charge in [0.2, 0.25) is 5.91 Å². The normalized spacial score (nSPS) is 20.6. The first-order valence-corrected chi connectivity index (χ1v) is 13.3. The van der Waals surface area contributed by atoms with Gasteiger partial charge in [-0.2, -0.15) is 5.10 Å². The highest BCUT2D eigenvalue weighted by atomic mass is 35.5. The molecule has 194 valence electrons. The molecule has 6 rings (SSSR count). The van der Waals surface area contributed by atoms with Crippen LogP contribution in [0.15, 0.2) is 55.0 Å². The van der Waals surface area contributed by atoms with Crippen LogP contribution in [0.3, 0.4) is 0 Å². The molecule has 2 aromatic carbocycles. The minimum absolute atomic E-state index is 0.0113. The van der Waals surface area contributed by atoms with Crippen molar-refractivity contribution in [2.24, 2.45) is 24.8 Å². The molecule has 0 N–H and O–H groups in total. The second-order valence-electron chi connectivity index (χ2n) is 10.5. The Labute approximate surface area is 226 Å². The number of nitrogens with zero attached hydrogens (tertiary/aromatic N) is 4. The van der Waals surface area contributed by atoms with Crippen molar-refractivity contribution in [1.82, 2.24) is 14.8 Å². The zero-order chi connectivity index (χ0) is 26.4. The van der Waals surface area contributed by atoms with Crippen LogP contribution < -0.4 is 4.90 Å². The maximum atomic E-state index is 14.2. The molecule has 1 amide bonds. The summed E-state index contributed by atoms with van der Waals surface area (Å²) in [6.07, 6.45) is 12.6. The molecule has 3 atom stereocenters. The first-order valence-electron chi connectivity index (χ1n) is 13.0. The van der Waals surface area contributed by atoms with Gasteiger partial charge in [-0.1, -0.05) is 36.2 Å². The number of methoxy groups -OCH3 is 1. The van der Waals surface area contributed by atoms with Crippen LogP contribution in [-0.4, -0.2) is 33.8 Å². The standard InChI is InChI=1S/C30H29ClN4O3/c1-34-29-23(15-33-34)13-21-4-3-5-22(27(21)28(29)31)17-35(30(37)25-12-18-6-8-20(25)10-18)24-11-19(14-32-16-24)7-9-26(36)38-2/h3-5,7,9,11,13-16,18,20,25H,6,8,10,12,17H2,1-2H3. The van der Waals surface area contributed by atoms with E-state index in [4.69, 9.17) is 16.3 Å². The summed E-state index contributed by atoms with van der Waals surface area (Å²) in [5.74, 6) is 0.779. The Balaban J connectivity index is 1.43. The van der Waals surface area contributed by atoms with E-state index in [0.29, 0.717) is 34.7 Å². The summed E-state index contributed by atoms with van der Waals surface area (Å²) in [6.45, 7) is 0.360. The highest BCUT2D eigenvalue weighted by molar-refractivity contribution is 6.40. The molecule has 38 heavy (non-hydrogen) atoms. The molecule has 3 unspecified atom stereocenters. The molecule has 2 aliphatic rings. The molecular formula is C30H29ClN4O3. The van der Waals surface area contributed by atoms with E-state index in [1.807, 2.05) is 42.4 Å². The SMILES string of the molecule is COC(=O)C=Cc1cncc(N(Cc2cccc3cc4cnn(C)c4c(Cl)c23)C(=O)C2CC3CCC2C3)c1. The number of pyridine rings is 1. The Kier molecular flexibility index (Phi) is 6.40. The van der Waals surface area contributed by atoms with Gasteiger partial charge in [0.1, 0.15) is 0 Å². The molecule has 0 aliphatic heterocycles. The van der Waals surface area contributed by atoms with Crippen LogP contribution in [0.2, 0.25) is 5.02 Å². The van der Waals surface area contributed by atoms with Crippen LogP contribution in [0.25, 0.3) is 27.8 Å². The van der Waals surface area contributed by atoms with Crippen molar-refractivity contribution in [3.8, 4) is 0 Å². The number of hydrogen-bond acceptors (Lipinski definition) is 5. The second kappa shape index (κ2) is 9.87. The van der Waals surface area contributed by atoms with Crippen LogP contribution >= 0.6 is 11.6 Å². The van der Waals surface area contributed by atoms with Crippen LogP contribution in [0.4, 0.5) is 5.69 Å². The summed E-state index contributed by atoms with van der Waals surface area (Å²) >= 11 is 6.99. The fourth-order valence-corrected chi connectivity index (χ4v) is 6.85. The van der Waals surface area contributed by atoms with Crippen molar-refractivity contribution in [2.45, 2.75) is 32.2 Å². The first-order chi connectivity index (χ1) is 18.4. The zero-order valence-corrected chi connectivity index (χ0v) is 22.2. The average molecular weight is 529 g/mol. The van der Waals surface area contributed by atoms with Gasteiger partial charge in [0, 0.05) is 36.0 Å². The van der Waals surface area contributed by atoms with E-state index in [1.54, 1.807) is 23.2 Å². The van der Waals surface area contributed by atoms with E-state index < -0.39 is 5.97 Å². The zero-order valence-electron chi connectivity index (χ0n) is 21.4.